The highest BCUT2D eigenvalue weighted by Gasteiger charge is 1.98. The van der Waals surface area contributed by atoms with E-state index in [4.69, 9.17) is 11.6 Å². The summed E-state index contributed by atoms with van der Waals surface area (Å²) in [5.74, 6) is 0.943. The van der Waals surface area contributed by atoms with Gasteiger partial charge >= 0.3 is 0 Å². The second-order valence-corrected chi connectivity index (χ2v) is 5.01. The monoisotopic (exact) mass is 229 g/mol. The number of thioether (sulfide) groups is 1. The summed E-state index contributed by atoms with van der Waals surface area (Å²) in [5, 5.41) is 4.20. The summed E-state index contributed by atoms with van der Waals surface area (Å²) in [7, 11) is 0. The Labute approximate surface area is 95.2 Å². The maximum absolute atomic E-state index is 5.94. The minimum atomic E-state index is 0.538. The molecule has 0 aromatic heterocycles. The summed E-state index contributed by atoms with van der Waals surface area (Å²) in [4.78, 5) is 1.26. The summed E-state index contributed by atoms with van der Waals surface area (Å²) in [6, 6.07) is 6.67. The van der Waals surface area contributed by atoms with Crippen LogP contribution in [0.2, 0.25) is 5.02 Å². The Morgan fingerprint density at radius 2 is 2.14 bits per heavy atom. The van der Waals surface area contributed by atoms with E-state index in [1.807, 2.05) is 13.0 Å². The van der Waals surface area contributed by atoms with Crippen LogP contribution in [0.1, 0.15) is 19.4 Å². The van der Waals surface area contributed by atoms with Crippen LogP contribution in [0.4, 0.5) is 0 Å². The van der Waals surface area contributed by atoms with E-state index in [-0.39, 0.29) is 0 Å². The summed E-state index contributed by atoms with van der Waals surface area (Å²) < 4.78 is 0. The third-order valence-electron chi connectivity index (χ3n) is 1.86. The smallest absolute Gasteiger partial charge is 0.0467 e. The molecule has 0 aliphatic heterocycles. The first-order chi connectivity index (χ1) is 6.59. The van der Waals surface area contributed by atoms with Crippen LogP contribution < -0.4 is 5.32 Å². The molecule has 0 aliphatic carbocycles. The van der Waals surface area contributed by atoms with Crippen molar-refractivity contribution in [2.75, 3.05) is 5.88 Å². The summed E-state index contributed by atoms with van der Waals surface area (Å²) in [6.45, 7) is 6.32. The molecule has 0 radical (unpaired) electrons. The van der Waals surface area contributed by atoms with Crippen molar-refractivity contribution in [1.82, 2.24) is 5.32 Å². The van der Waals surface area contributed by atoms with Crippen molar-refractivity contribution in [2.45, 2.75) is 31.7 Å². The Bertz CT molecular complexity index is 299. The topological polar surface area (TPSA) is 12.0 Å². The standard InChI is InChI=1S/C11H16ClNS/c1-8(2)13-7-14-10-4-5-11(12)9(3)6-10/h4-6,8,13H,7H2,1-3H3. The van der Waals surface area contributed by atoms with Gasteiger partial charge in [0.1, 0.15) is 0 Å². The van der Waals surface area contributed by atoms with Crippen LogP contribution in [0, 0.1) is 6.92 Å². The van der Waals surface area contributed by atoms with Crippen LogP contribution in [-0.2, 0) is 0 Å². The fourth-order valence-corrected chi connectivity index (χ4v) is 2.12. The van der Waals surface area contributed by atoms with Gasteiger partial charge in [0.05, 0.1) is 0 Å². The Hall–Kier alpha value is -0.180. The molecular formula is C11H16ClNS. The zero-order valence-electron chi connectivity index (χ0n) is 8.80. The number of hydrogen-bond donors (Lipinski definition) is 1. The van der Waals surface area contributed by atoms with Crippen molar-refractivity contribution in [3.63, 3.8) is 0 Å². The van der Waals surface area contributed by atoms with Gasteiger partial charge < -0.3 is 5.32 Å². The fourth-order valence-electron chi connectivity index (χ4n) is 0.999. The lowest BCUT2D eigenvalue weighted by molar-refractivity contribution is 0.654. The molecule has 1 N–H and O–H groups in total. The van der Waals surface area contributed by atoms with Crippen LogP contribution >= 0.6 is 23.4 Å². The Kier molecular flexibility index (Phi) is 4.79. The average molecular weight is 230 g/mol. The zero-order chi connectivity index (χ0) is 10.6. The summed E-state index contributed by atoms with van der Waals surface area (Å²) in [5.41, 5.74) is 1.14. The molecule has 3 heteroatoms. The highest BCUT2D eigenvalue weighted by atomic mass is 35.5. The Morgan fingerprint density at radius 3 is 2.71 bits per heavy atom. The van der Waals surface area contributed by atoms with E-state index in [2.05, 4.69) is 31.3 Å². The van der Waals surface area contributed by atoms with Gasteiger partial charge in [-0.25, -0.2) is 0 Å². The first-order valence-corrected chi connectivity index (χ1v) is 6.08. The molecule has 0 atom stereocenters. The van der Waals surface area contributed by atoms with Gasteiger partial charge in [-0.15, -0.1) is 11.8 Å². The van der Waals surface area contributed by atoms with Crippen molar-refractivity contribution in [1.29, 1.82) is 0 Å². The van der Waals surface area contributed by atoms with Crippen LogP contribution in [0.25, 0.3) is 0 Å². The molecular weight excluding hydrogens is 214 g/mol. The second-order valence-electron chi connectivity index (χ2n) is 3.56. The van der Waals surface area contributed by atoms with E-state index in [0.717, 1.165) is 16.5 Å². The molecule has 0 aliphatic rings. The first kappa shape index (κ1) is 11.9. The Morgan fingerprint density at radius 1 is 1.43 bits per heavy atom. The number of halogens is 1. The minimum Gasteiger partial charge on any atom is -0.305 e. The number of nitrogens with one attached hydrogen (secondary N) is 1. The number of rotatable bonds is 4. The maximum Gasteiger partial charge on any atom is 0.0467 e. The largest absolute Gasteiger partial charge is 0.305 e. The van der Waals surface area contributed by atoms with Gasteiger partial charge in [-0.05, 0) is 30.7 Å². The lowest BCUT2D eigenvalue weighted by atomic mass is 10.2. The van der Waals surface area contributed by atoms with E-state index in [9.17, 15) is 0 Å². The lowest BCUT2D eigenvalue weighted by Gasteiger charge is -2.08. The van der Waals surface area contributed by atoms with Crippen LogP contribution in [-0.4, -0.2) is 11.9 Å². The molecule has 1 rings (SSSR count). The Balaban J connectivity index is 2.47. The van der Waals surface area contributed by atoms with Gasteiger partial charge in [0.25, 0.3) is 0 Å². The molecule has 1 aromatic carbocycles. The van der Waals surface area contributed by atoms with Gasteiger partial charge in [-0.2, -0.15) is 0 Å². The highest BCUT2D eigenvalue weighted by molar-refractivity contribution is 7.99. The molecule has 1 aromatic rings. The van der Waals surface area contributed by atoms with Gasteiger partial charge in [-0.1, -0.05) is 25.4 Å². The maximum atomic E-state index is 5.94. The van der Waals surface area contributed by atoms with Crippen LogP contribution in [0.15, 0.2) is 23.1 Å². The zero-order valence-corrected chi connectivity index (χ0v) is 10.4. The molecule has 0 bridgehead atoms. The predicted molar refractivity (Wildman–Crippen MR) is 65.2 cm³/mol. The van der Waals surface area contributed by atoms with Gasteiger partial charge in [-0.3, -0.25) is 0 Å². The van der Waals surface area contributed by atoms with Crippen molar-refractivity contribution in [3.05, 3.63) is 28.8 Å². The molecule has 1 nitrogen and oxygen atoms in total. The molecule has 0 unspecified atom stereocenters. The lowest BCUT2D eigenvalue weighted by Crippen LogP contribution is -2.21. The van der Waals surface area contributed by atoms with Gasteiger partial charge in [0.2, 0.25) is 0 Å². The third-order valence-corrected chi connectivity index (χ3v) is 3.18. The molecule has 0 fully saturated rings. The normalized spacial score (nSPS) is 10.9. The molecule has 0 saturated carbocycles. The van der Waals surface area contributed by atoms with Crippen molar-refractivity contribution >= 4 is 23.4 Å². The number of hydrogen-bond acceptors (Lipinski definition) is 2. The van der Waals surface area contributed by atoms with Crippen molar-refractivity contribution in [3.8, 4) is 0 Å². The molecule has 0 saturated heterocycles. The van der Waals surface area contributed by atoms with E-state index >= 15 is 0 Å². The molecule has 0 spiro atoms. The van der Waals surface area contributed by atoms with Crippen LogP contribution in [0.3, 0.4) is 0 Å². The molecule has 78 valence electrons. The van der Waals surface area contributed by atoms with E-state index in [1.165, 1.54) is 4.90 Å². The predicted octanol–water partition coefficient (Wildman–Crippen LogP) is 3.70. The fraction of sp³-hybridized carbons (Fsp3) is 0.455. The molecule has 14 heavy (non-hydrogen) atoms. The number of aryl methyl sites for hydroxylation is 1. The van der Waals surface area contributed by atoms with Crippen LogP contribution in [0.5, 0.6) is 0 Å². The SMILES string of the molecule is Cc1cc(SCNC(C)C)ccc1Cl. The third kappa shape index (κ3) is 3.91. The summed E-state index contributed by atoms with van der Waals surface area (Å²) >= 11 is 7.74. The van der Waals surface area contributed by atoms with E-state index in [1.54, 1.807) is 11.8 Å². The average Bonchev–Trinajstić information content (AvgIpc) is 2.10. The van der Waals surface area contributed by atoms with Gasteiger partial charge in [0.15, 0.2) is 0 Å². The molecule has 0 heterocycles. The number of benzene rings is 1. The minimum absolute atomic E-state index is 0.538. The van der Waals surface area contributed by atoms with Gasteiger partial charge in [0, 0.05) is 21.8 Å². The highest BCUT2D eigenvalue weighted by Crippen LogP contribution is 2.23. The summed E-state index contributed by atoms with van der Waals surface area (Å²) in [6.07, 6.45) is 0. The first-order valence-electron chi connectivity index (χ1n) is 4.72. The van der Waals surface area contributed by atoms with Crippen molar-refractivity contribution < 1.29 is 0 Å². The second kappa shape index (κ2) is 5.64. The quantitative estimate of drug-likeness (QED) is 0.624. The molecule has 0 amide bonds. The van der Waals surface area contributed by atoms with E-state index in [0.29, 0.717) is 6.04 Å². The van der Waals surface area contributed by atoms with Crippen molar-refractivity contribution in [2.24, 2.45) is 0 Å². The van der Waals surface area contributed by atoms with E-state index < -0.39 is 0 Å².